The highest BCUT2D eigenvalue weighted by Gasteiger charge is 2.14. The number of halogens is 2. The molecule has 0 nitrogen and oxygen atoms in total. The largest absolute Gasteiger partial charge is 0.207 e. The van der Waals surface area contributed by atoms with Gasteiger partial charge in [0.05, 0.1) is 0 Å². The topological polar surface area (TPSA) is 0 Å². The fourth-order valence-electron chi connectivity index (χ4n) is 1.31. The Labute approximate surface area is 84.0 Å². The summed E-state index contributed by atoms with van der Waals surface area (Å²) in [6.45, 7) is 7.52. The van der Waals surface area contributed by atoms with Crippen LogP contribution in [0.3, 0.4) is 0 Å². The smallest absolute Gasteiger partial charge is 0.129 e. The number of benzene rings is 1. The first-order valence-corrected chi connectivity index (χ1v) is 4.89. The average Bonchev–Trinajstić information content (AvgIpc) is 2.12. The van der Waals surface area contributed by atoms with Crippen LogP contribution in [0, 0.1) is 24.5 Å². The maximum absolute atomic E-state index is 13.2. The summed E-state index contributed by atoms with van der Waals surface area (Å²) in [6.07, 6.45) is 0. The van der Waals surface area contributed by atoms with Crippen LogP contribution >= 0.6 is 0 Å². The maximum atomic E-state index is 13.2. The van der Waals surface area contributed by atoms with Crippen LogP contribution in [0.2, 0.25) is 0 Å². The minimum atomic E-state index is -0.451. The van der Waals surface area contributed by atoms with Crippen molar-refractivity contribution in [1.82, 2.24) is 0 Å². The van der Waals surface area contributed by atoms with Gasteiger partial charge in [-0.2, -0.15) is 0 Å². The van der Waals surface area contributed by atoms with Crippen LogP contribution in [0.1, 0.15) is 37.8 Å². The van der Waals surface area contributed by atoms with Gasteiger partial charge in [0.15, 0.2) is 0 Å². The van der Waals surface area contributed by atoms with Crippen LogP contribution in [-0.2, 0) is 0 Å². The molecule has 0 saturated carbocycles. The molecule has 1 unspecified atom stereocenters. The molecule has 0 aliphatic rings. The SMILES string of the molecule is Cc1c(F)cc(C(C)C(C)C)cc1F. The summed E-state index contributed by atoms with van der Waals surface area (Å²) in [6, 6.07) is 2.87. The van der Waals surface area contributed by atoms with Crippen molar-refractivity contribution in [3.05, 3.63) is 34.9 Å². The van der Waals surface area contributed by atoms with Crippen molar-refractivity contribution in [3.63, 3.8) is 0 Å². The zero-order chi connectivity index (χ0) is 10.9. The van der Waals surface area contributed by atoms with E-state index in [2.05, 4.69) is 0 Å². The molecule has 0 aromatic heterocycles. The molecule has 1 rings (SSSR count). The first-order chi connectivity index (χ1) is 6.43. The van der Waals surface area contributed by atoms with Gasteiger partial charge in [0.2, 0.25) is 0 Å². The second-order valence-corrected chi connectivity index (χ2v) is 4.14. The van der Waals surface area contributed by atoms with E-state index in [9.17, 15) is 8.78 Å². The summed E-state index contributed by atoms with van der Waals surface area (Å²) in [5.74, 6) is -0.337. The van der Waals surface area contributed by atoms with Gasteiger partial charge in [-0.05, 0) is 36.5 Å². The Morgan fingerprint density at radius 2 is 1.43 bits per heavy atom. The molecular formula is C12H16F2. The molecule has 0 saturated heterocycles. The number of hydrogen-bond acceptors (Lipinski definition) is 0. The van der Waals surface area contributed by atoms with E-state index in [1.165, 1.54) is 19.1 Å². The van der Waals surface area contributed by atoms with Crippen molar-refractivity contribution >= 4 is 0 Å². The van der Waals surface area contributed by atoms with Gasteiger partial charge in [-0.1, -0.05) is 20.8 Å². The zero-order valence-electron chi connectivity index (χ0n) is 9.07. The minimum Gasteiger partial charge on any atom is -0.207 e. The molecule has 0 N–H and O–H groups in total. The van der Waals surface area contributed by atoms with E-state index in [4.69, 9.17) is 0 Å². The van der Waals surface area contributed by atoms with Crippen molar-refractivity contribution in [1.29, 1.82) is 0 Å². The van der Waals surface area contributed by atoms with E-state index < -0.39 is 11.6 Å². The van der Waals surface area contributed by atoms with Crippen molar-refractivity contribution in [2.75, 3.05) is 0 Å². The van der Waals surface area contributed by atoms with Gasteiger partial charge in [0.1, 0.15) is 11.6 Å². The molecular weight excluding hydrogens is 182 g/mol. The monoisotopic (exact) mass is 198 g/mol. The highest BCUT2D eigenvalue weighted by Crippen LogP contribution is 2.26. The Balaban J connectivity index is 3.12. The standard InChI is InChI=1S/C12H16F2/c1-7(2)8(3)10-5-11(13)9(4)12(14)6-10/h5-8H,1-4H3. The summed E-state index contributed by atoms with van der Waals surface area (Å²) < 4.78 is 26.4. The van der Waals surface area contributed by atoms with Crippen LogP contribution in [0.4, 0.5) is 8.78 Å². The molecule has 78 valence electrons. The lowest BCUT2D eigenvalue weighted by Crippen LogP contribution is -2.04. The lowest BCUT2D eigenvalue weighted by atomic mass is 9.90. The molecule has 0 aliphatic heterocycles. The van der Waals surface area contributed by atoms with Gasteiger partial charge in [-0.3, -0.25) is 0 Å². The first kappa shape index (κ1) is 11.2. The molecule has 2 heteroatoms. The Hall–Kier alpha value is -0.920. The highest BCUT2D eigenvalue weighted by atomic mass is 19.1. The van der Waals surface area contributed by atoms with Gasteiger partial charge in [-0.15, -0.1) is 0 Å². The maximum Gasteiger partial charge on any atom is 0.129 e. The molecule has 1 aromatic carbocycles. The molecule has 0 bridgehead atoms. The molecule has 14 heavy (non-hydrogen) atoms. The average molecular weight is 198 g/mol. The number of rotatable bonds is 2. The van der Waals surface area contributed by atoms with Gasteiger partial charge in [-0.25, -0.2) is 8.78 Å². The van der Waals surface area contributed by atoms with E-state index in [1.807, 2.05) is 20.8 Å². The molecule has 0 fully saturated rings. The summed E-state index contributed by atoms with van der Waals surface area (Å²) in [4.78, 5) is 0. The normalized spacial score (nSPS) is 13.4. The van der Waals surface area contributed by atoms with Crippen molar-refractivity contribution < 1.29 is 8.78 Å². The Morgan fingerprint density at radius 3 is 1.79 bits per heavy atom. The third-order valence-corrected chi connectivity index (χ3v) is 2.83. The summed E-state index contributed by atoms with van der Waals surface area (Å²) in [7, 11) is 0. The molecule has 1 aromatic rings. The first-order valence-electron chi connectivity index (χ1n) is 4.89. The van der Waals surface area contributed by atoms with E-state index in [1.54, 1.807) is 0 Å². The third kappa shape index (κ3) is 2.11. The summed E-state index contributed by atoms with van der Waals surface area (Å²) in [5, 5.41) is 0. The molecule has 1 atom stereocenters. The van der Waals surface area contributed by atoms with Crippen LogP contribution < -0.4 is 0 Å². The van der Waals surface area contributed by atoms with Crippen molar-refractivity contribution in [2.45, 2.75) is 33.6 Å². The Bertz CT molecular complexity index is 306. The zero-order valence-corrected chi connectivity index (χ0v) is 9.07. The fourth-order valence-corrected chi connectivity index (χ4v) is 1.31. The van der Waals surface area contributed by atoms with Crippen LogP contribution in [-0.4, -0.2) is 0 Å². The molecule has 0 radical (unpaired) electrons. The second-order valence-electron chi connectivity index (χ2n) is 4.14. The van der Waals surface area contributed by atoms with Gasteiger partial charge < -0.3 is 0 Å². The van der Waals surface area contributed by atoms with Crippen molar-refractivity contribution in [3.8, 4) is 0 Å². The third-order valence-electron chi connectivity index (χ3n) is 2.83. The van der Waals surface area contributed by atoms with E-state index in [0.29, 0.717) is 5.92 Å². The number of hydrogen-bond donors (Lipinski definition) is 0. The Kier molecular flexibility index (Phi) is 3.25. The lowest BCUT2D eigenvalue weighted by Gasteiger charge is -2.16. The van der Waals surface area contributed by atoms with Crippen molar-refractivity contribution in [2.24, 2.45) is 5.92 Å². The second kappa shape index (κ2) is 4.07. The molecule has 0 aliphatic carbocycles. The Morgan fingerprint density at radius 1 is 1.00 bits per heavy atom. The van der Waals surface area contributed by atoms with Crippen LogP contribution in [0.5, 0.6) is 0 Å². The van der Waals surface area contributed by atoms with E-state index in [-0.39, 0.29) is 11.5 Å². The van der Waals surface area contributed by atoms with Crippen LogP contribution in [0.15, 0.2) is 12.1 Å². The van der Waals surface area contributed by atoms with E-state index >= 15 is 0 Å². The predicted octanol–water partition coefficient (Wildman–Crippen LogP) is 4.03. The lowest BCUT2D eigenvalue weighted by molar-refractivity contribution is 0.516. The van der Waals surface area contributed by atoms with Gasteiger partial charge in [0.25, 0.3) is 0 Å². The summed E-state index contributed by atoms with van der Waals surface area (Å²) >= 11 is 0. The molecule has 0 heterocycles. The quantitative estimate of drug-likeness (QED) is 0.673. The molecule has 0 amide bonds. The summed E-state index contributed by atoms with van der Waals surface area (Å²) in [5.41, 5.74) is 0.838. The van der Waals surface area contributed by atoms with E-state index in [0.717, 1.165) is 5.56 Å². The fraction of sp³-hybridized carbons (Fsp3) is 0.500. The minimum absolute atomic E-state index is 0.102. The van der Waals surface area contributed by atoms with Gasteiger partial charge >= 0.3 is 0 Å². The highest BCUT2D eigenvalue weighted by molar-refractivity contribution is 5.27. The molecule has 0 spiro atoms. The van der Waals surface area contributed by atoms with Crippen LogP contribution in [0.25, 0.3) is 0 Å². The van der Waals surface area contributed by atoms with Gasteiger partial charge in [0, 0.05) is 5.56 Å². The predicted molar refractivity (Wildman–Crippen MR) is 54.3 cm³/mol.